The first-order chi connectivity index (χ1) is 9.92. The van der Waals surface area contributed by atoms with Crippen LogP contribution in [0.25, 0.3) is 22.4 Å². The van der Waals surface area contributed by atoms with Gasteiger partial charge in [0.25, 0.3) is 0 Å². The summed E-state index contributed by atoms with van der Waals surface area (Å²) in [4.78, 5) is 9.62. The van der Waals surface area contributed by atoms with Crippen LogP contribution in [-0.2, 0) is 0 Å². The standard InChI is InChI=1S/C16H12N4/c1-2-6-12-11(5-1)19-15(13-7-3-9-17-13)16(20-12)14-8-4-10-18-14/h1-10,17-18H/p+2. The Hall–Kier alpha value is -2.56. The van der Waals surface area contributed by atoms with Gasteiger partial charge in [0.05, 0.1) is 23.4 Å². The van der Waals surface area contributed by atoms with Crippen LogP contribution in [0.3, 0.4) is 0 Å². The number of fused-ring (bicyclic) bond motifs is 1. The Morgan fingerprint density at radius 3 is 1.60 bits per heavy atom. The van der Waals surface area contributed by atoms with Gasteiger partial charge in [0, 0.05) is 12.2 Å². The molecular weight excluding hydrogens is 248 g/mol. The molecule has 2 aromatic rings. The first kappa shape index (κ1) is 11.3. The van der Waals surface area contributed by atoms with Crippen molar-refractivity contribution in [2.75, 3.05) is 0 Å². The average Bonchev–Trinajstić information content (AvgIpc) is 3.19. The summed E-state index contributed by atoms with van der Waals surface area (Å²) in [5.41, 5.74) is 5.97. The Kier molecular flexibility index (Phi) is 2.55. The molecule has 0 saturated heterocycles. The highest BCUT2D eigenvalue weighted by molar-refractivity contribution is 5.81. The molecule has 4 rings (SSSR count). The van der Waals surface area contributed by atoms with Crippen molar-refractivity contribution >= 4 is 22.4 Å². The fraction of sp³-hybridized carbons (Fsp3) is 0. The largest absolute Gasteiger partial charge is 0.286 e. The van der Waals surface area contributed by atoms with E-state index in [1.807, 2.05) is 48.8 Å². The summed E-state index contributed by atoms with van der Waals surface area (Å²) in [5, 5.41) is 4.15. The molecule has 0 radical (unpaired) electrons. The Bertz CT molecular complexity index is 744. The third-order valence-corrected chi connectivity index (χ3v) is 3.44. The van der Waals surface area contributed by atoms with E-state index in [0.29, 0.717) is 0 Å². The Morgan fingerprint density at radius 1 is 0.700 bits per heavy atom. The van der Waals surface area contributed by atoms with Gasteiger partial charge in [-0.2, -0.15) is 0 Å². The number of nitrogens with two attached hydrogens (primary N) is 2. The molecule has 0 atom stereocenters. The van der Waals surface area contributed by atoms with Crippen LogP contribution in [0.5, 0.6) is 0 Å². The van der Waals surface area contributed by atoms with Crippen molar-refractivity contribution in [1.82, 2.24) is 9.97 Å². The van der Waals surface area contributed by atoms with Gasteiger partial charge in [-0.3, -0.25) is 10.6 Å². The third kappa shape index (κ3) is 1.79. The highest BCUT2D eigenvalue weighted by Gasteiger charge is 2.22. The highest BCUT2D eigenvalue weighted by Crippen LogP contribution is 2.21. The summed E-state index contributed by atoms with van der Waals surface area (Å²) >= 11 is 0. The maximum absolute atomic E-state index is 4.81. The topological polar surface area (TPSA) is 59.0 Å². The van der Waals surface area contributed by atoms with Gasteiger partial charge in [0.2, 0.25) is 0 Å². The number of nitrogens with zero attached hydrogens (tertiary/aromatic N) is 2. The molecule has 0 amide bonds. The van der Waals surface area contributed by atoms with Crippen molar-refractivity contribution in [2.24, 2.45) is 0 Å². The van der Waals surface area contributed by atoms with E-state index >= 15 is 0 Å². The van der Waals surface area contributed by atoms with Gasteiger partial charge in [-0.05, 0) is 24.3 Å². The molecule has 20 heavy (non-hydrogen) atoms. The minimum atomic E-state index is 0.930. The summed E-state index contributed by atoms with van der Waals surface area (Å²) in [7, 11) is 0. The molecule has 0 unspecified atom stereocenters. The van der Waals surface area contributed by atoms with Gasteiger partial charge in [0.1, 0.15) is 0 Å². The van der Waals surface area contributed by atoms with E-state index < -0.39 is 0 Å². The Labute approximate surface area is 116 Å². The van der Waals surface area contributed by atoms with Gasteiger partial charge in [-0.25, -0.2) is 9.97 Å². The summed E-state index contributed by atoms with van der Waals surface area (Å²) < 4.78 is 0. The van der Waals surface area contributed by atoms with Crippen LogP contribution in [0.15, 0.2) is 61.0 Å². The lowest BCUT2D eigenvalue weighted by Crippen LogP contribution is -2.74. The van der Waals surface area contributed by atoms with Crippen molar-refractivity contribution in [3.8, 4) is 0 Å². The molecule has 3 heterocycles. The van der Waals surface area contributed by atoms with E-state index in [1.54, 1.807) is 0 Å². The minimum Gasteiger partial charge on any atom is -0.286 e. The van der Waals surface area contributed by atoms with Crippen LogP contribution in [0, 0.1) is 0 Å². The maximum Gasteiger partial charge on any atom is 0.162 e. The maximum atomic E-state index is 4.81. The molecule has 4 N–H and O–H groups in total. The smallest absolute Gasteiger partial charge is 0.162 e. The molecular formula is C16H14N4+2. The van der Waals surface area contributed by atoms with Crippen LogP contribution >= 0.6 is 0 Å². The number of hydrogen-bond donors (Lipinski definition) is 2. The summed E-state index contributed by atoms with van der Waals surface area (Å²) in [5.74, 6) is 0. The highest BCUT2D eigenvalue weighted by atomic mass is 15.0. The first-order valence-electron chi connectivity index (χ1n) is 6.63. The van der Waals surface area contributed by atoms with E-state index in [4.69, 9.17) is 9.97 Å². The lowest BCUT2D eigenvalue weighted by Gasteiger charge is -2.07. The average molecular weight is 262 g/mol. The lowest BCUT2D eigenvalue weighted by atomic mass is 10.1. The van der Waals surface area contributed by atoms with E-state index in [1.165, 1.54) is 0 Å². The molecule has 0 bridgehead atoms. The van der Waals surface area contributed by atoms with Gasteiger partial charge in [-0.1, -0.05) is 12.1 Å². The van der Waals surface area contributed by atoms with Gasteiger partial charge in [-0.15, -0.1) is 0 Å². The number of rotatable bonds is 2. The van der Waals surface area contributed by atoms with E-state index in [9.17, 15) is 0 Å². The second kappa shape index (κ2) is 4.52. The summed E-state index contributed by atoms with van der Waals surface area (Å²) in [6, 6.07) is 8.00. The number of allylic oxidation sites excluding steroid dienone is 4. The number of para-hydroxylation sites is 2. The van der Waals surface area contributed by atoms with E-state index in [0.717, 1.165) is 33.8 Å². The zero-order chi connectivity index (χ0) is 13.4. The molecule has 4 nitrogen and oxygen atoms in total. The number of aromatic nitrogens is 2. The molecule has 2 aliphatic rings. The summed E-state index contributed by atoms with van der Waals surface area (Å²) in [6.45, 7) is 0. The molecule has 0 spiro atoms. The second-order valence-electron chi connectivity index (χ2n) is 4.76. The van der Waals surface area contributed by atoms with Crippen molar-refractivity contribution in [2.45, 2.75) is 0 Å². The predicted molar refractivity (Wildman–Crippen MR) is 77.6 cm³/mol. The second-order valence-corrected chi connectivity index (χ2v) is 4.76. The lowest BCUT2D eigenvalue weighted by molar-refractivity contribution is -0.487. The Balaban J connectivity index is 1.96. The molecule has 0 fully saturated rings. The number of benzene rings is 1. The van der Waals surface area contributed by atoms with Crippen LogP contribution < -0.4 is 10.6 Å². The third-order valence-electron chi connectivity index (χ3n) is 3.44. The van der Waals surface area contributed by atoms with Crippen LogP contribution in [0.1, 0.15) is 11.4 Å². The molecule has 4 heteroatoms. The van der Waals surface area contributed by atoms with Gasteiger partial charge in [0.15, 0.2) is 22.8 Å². The van der Waals surface area contributed by atoms with Crippen molar-refractivity contribution in [1.29, 1.82) is 0 Å². The van der Waals surface area contributed by atoms with Gasteiger partial charge >= 0.3 is 0 Å². The minimum absolute atomic E-state index is 0.930. The monoisotopic (exact) mass is 262 g/mol. The van der Waals surface area contributed by atoms with Crippen LogP contribution in [0.4, 0.5) is 0 Å². The molecule has 0 aliphatic carbocycles. The molecule has 0 saturated carbocycles. The van der Waals surface area contributed by atoms with Crippen molar-refractivity contribution < 1.29 is 10.6 Å². The first-order valence-corrected chi connectivity index (χ1v) is 6.63. The fourth-order valence-electron chi connectivity index (χ4n) is 2.47. The molecule has 2 aliphatic heterocycles. The molecule has 96 valence electrons. The van der Waals surface area contributed by atoms with E-state index in [2.05, 4.69) is 22.8 Å². The predicted octanol–water partition coefficient (Wildman–Crippen LogP) is 0.493. The zero-order valence-electron chi connectivity index (χ0n) is 10.8. The quantitative estimate of drug-likeness (QED) is 0.827. The zero-order valence-corrected chi connectivity index (χ0v) is 10.8. The fourth-order valence-corrected chi connectivity index (χ4v) is 2.47. The SMILES string of the molecule is C1=C[NH2+]C(c2nc3ccccc3nc2C2=CC=C[NH2+]2)=C1. The number of quaternary nitrogens is 2. The normalized spacial score (nSPS) is 16.8. The Morgan fingerprint density at radius 2 is 1.20 bits per heavy atom. The van der Waals surface area contributed by atoms with Crippen molar-refractivity contribution in [3.63, 3.8) is 0 Å². The van der Waals surface area contributed by atoms with Crippen LogP contribution in [-0.4, -0.2) is 9.97 Å². The van der Waals surface area contributed by atoms with E-state index in [-0.39, 0.29) is 0 Å². The summed E-state index contributed by atoms with van der Waals surface area (Å²) in [6.07, 6.45) is 12.3. The van der Waals surface area contributed by atoms with Gasteiger partial charge < -0.3 is 0 Å². The van der Waals surface area contributed by atoms with Crippen LogP contribution in [0.2, 0.25) is 0 Å². The molecule has 1 aromatic heterocycles. The number of hydrogen-bond acceptors (Lipinski definition) is 2. The molecule has 1 aromatic carbocycles. The van der Waals surface area contributed by atoms with Crippen molar-refractivity contribution in [3.05, 3.63) is 72.4 Å².